The third-order valence-electron chi connectivity index (χ3n) is 3.29. The van der Waals surface area contributed by atoms with Crippen molar-refractivity contribution in [3.8, 4) is 0 Å². The number of hydrogen-bond acceptors (Lipinski definition) is 1. The fraction of sp³-hybridized carbons (Fsp3) is 0.571. The molecule has 1 heteroatoms. The lowest BCUT2D eigenvalue weighted by atomic mass is 9.95. The van der Waals surface area contributed by atoms with Crippen LogP contribution in [0.25, 0.3) is 0 Å². The molecule has 0 bridgehead atoms. The highest BCUT2D eigenvalue weighted by molar-refractivity contribution is 5.15. The Hall–Kier alpha value is -0.820. The van der Waals surface area contributed by atoms with E-state index in [1.165, 1.54) is 31.4 Å². The zero-order valence-electron chi connectivity index (χ0n) is 9.58. The molecule has 0 spiro atoms. The minimum absolute atomic E-state index is 0.854. The average Bonchev–Trinajstić information content (AvgIpc) is 3.09. The van der Waals surface area contributed by atoms with Gasteiger partial charge in [0.2, 0.25) is 0 Å². The summed E-state index contributed by atoms with van der Waals surface area (Å²) in [7, 11) is 0. The van der Waals surface area contributed by atoms with E-state index in [2.05, 4.69) is 42.6 Å². The summed E-state index contributed by atoms with van der Waals surface area (Å²) in [5.41, 5.74) is 1.49. The van der Waals surface area contributed by atoms with E-state index in [0.29, 0.717) is 0 Å². The number of rotatable bonds is 6. The molecule has 1 fully saturated rings. The van der Waals surface area contributed by atoms with E-state index in [-0.39, 0.29) is 0 Å². The summed E-state index contributed by atoms with van der Waals surface area (Å²) >= 11 is 0. The fourth-order valence-electron chi connectivity index (χ4n) is 2.22. The second-order valence-corrected chi connectivity index (χ2v) is 4.59. The minimum atomic E-state index is 0.854. The molecule has 0 radical (unpaired) electrons. The van der Waals surface area contributed by atoms with E-state index in [1.807, 2.05) is 0 Å². The van der Waals surface area contributed by atoms with E-state index in [1.54, 1.807) is 0 Å². The molecule has 0 aromatic heterocycles. The maximum Gasteiger partial charge on any atom is -0.00148 e. The van der Waals surface area contributed by atoms with E-state index in [4.69, 9.17) is 0 Å². The Kier molecular flexibility index (Phi) is 3.79. The molecule has 1 aliphatic rings. The van der Waals surface area contributed by atoms with Crippen molar-refractivity contribution < 1.29 is 0 Å². The van der Waals surface area contributed by atoms with Crippen molar-refractivity contribution in [1.82, 2.24) is 5.32 Å². The van der Waals surface area contributed by atoms with Crippen molar-refractivity contribution in [2.45, 2.75) is 26.2 Å². The summed E-state index contributed by atoms with van der Waals surface area (Å²) in [6, 6.07) is 10.9. The Balaban J connectivity index is 1.88. The summed E-state index contributed by atoms with van der Waals surface area (Å²) in [5.74, 6) is 1.84. The van der Waals surface area contributed by atoms with Gasteiger partial charge < -0.3 is 5.32 Å². The summed E-state index contributed by atoms with van der Waals surface area (Å²) in [6.45, 7) is 4.47. The SMILES string of the molecule is CCNCC(Cc1ccccc1)C1CC1. The minimum Gasteiger partial charge on any atom is -0.317 e. The summed E-state index contributed by atoms with van der Waals surface area (Å²) in [6.07, 6.45) is 4.14. The number of hydrogen-bond donors (Lipinski definition) is 1. The topological polar surface area (TPSA) is 12.0 Å². The van der Waals surface area contributed by atoms with Crippen LogP contribution < -0.4 is 5.32 Å². The normalized spacial score (nSPS) is 17.7. The Morgan fingerprint density at radius 1 is 1.27 bits per heavy atom. The second-order valence-electron chi connectivity index (χ2n) is 4.59. The molecule has 82 valence electrons. The van der Waals surface area contributed by atoms with Gasteiger partial charge in [0, 0.05) is 0 Å². The molecule has 0 amide bonds. The highest BCUT2D eigenvalue weighted by Crippen LogP contribution is 2.38. The molecule has 1 N–H and O–H groups in total. The maximum absolute atomic E-state index is 3.49. The smallest absolute Gasteiger partial charge is 0.00148 e. The quantitative estimate of drug-likeness (QED) is 0.749. The van der Waals surface area contributed by atoms with Crippen LogP contribution in [0.2, 0.25) is 0 Å². The Morgan fingerprint density at radius 2 is 2.00 bits per heavy atom. The van der Waals surface area contributed by atoms with Gasteiger partial charge >= 0.3 is 0 Å². The van der Waals surface area contributed by atoms with Crippen molar-refractivity contribution in [3.63, 3.8) is 0 Å². The number of benzene rings is 1. The molecule has 1 aromatic carbocycles. The van der Waals surface area contributed by atoms with Crippen LogP contribution in [0.15, 0.2) is 30.3 Å². The van der Waals surface area contributed by atoms with Crippen LogP contribution in [-0.2, 0) is 6.42 Å². The molecule has 0 saturated heterocycles. The van der Waals surface area contributed by atoms with Crippen molar-refractivity contribution in [1.29, 1.82) is 0 Å². The van der Waals surface area contributed by atoms with Crippen molar-refractivity contribution in [2.75, 3.05) is 13.1 Å². The van der Waals surface area contributed by atoms with Gasteiger partial charge in [0.25, 0.3) is 0 Å². The van der Waals surface area contributed by atoms with Gasteiger partial charge in [-0.3, -0.25) is 0 Å². The van der Waals surface area contributed by atoms with Gasteiger partial charge in [-0.25, -0.2) is 0 Å². The van der Waals surface area contributed by atoms with Crippen LogP contribution in [0.1, 0.15) is 25.3 Å². The van der Waals surface area contributed by atoms with E-state index < -0.39 is 0 Å². The first-order valence-electron chi connectivity index (χ1n) is 6.14. The fourth-order valence-corrected chi connectivity index (χ4v) is 2.22. The maximum atomic E-state index is 3.49. The molecule has 0 heterocycles. The highest BCUT2D eigenvalue weighted by atomic mass is 14.8. The molecule has 1 unspecified atom stereocenters. The standard InChI is InChI=1S/C14H21N/c1-2-15-11-14(13-8-9-13)10-12-6-4-3-5-7-12/h3-7,13-15H,2,8-11H2,1H3. The monoisotopic (exact) mass is 203 g/mol. The molecule has 2 rings (SSSR count). The Bertz CT molecular complexity index is 277. The van der Waals surface area contributed by atoms with Gasteiger partial charge in [-0.1, -0.05) is 37.3 Å². The zero-order valence-corrected chi connectivity index (χ0v) is 9.58. The van der Waals surface area contributed by atoms with E-state index >= 15 is 0 Å². The first-order valence-corrected chi connectivity index (χ1v) is 6.14. The summed E-state index contributed by atoms with van der Waals surface area (Å²) in [5, 5.41) is 3.49. The van der Waals surface area contributed by atoms with Crippen LogP contribution in [0, 0.1) is 11.8 Å². The first-order chi connectivity index (χ1) is 7.40. The lowest BCUT2D eigenvalue weighted by molar-refractivity contribution is 0.429. The second kappa shape index (κ2) is 5.32. The van der Waals surface area contributed by atoms with Crippen molar-refractivity contribution >= 4 is 0 Å². The predicted molar refractivity (Wildman–Crippen MR) is 64.9 cm³/mol. The first kappa shape index (κ1) is 10.7. The molecule has 1 saturated carbocycles. The lowest BCUT2D eigenvalue weighted by Gasteiger charge is -2.16. The van der Waals surface area contributed by atoms with E-state index in [9.17, 15) is 0 Å². The number of nitrogens with one attached hydrogen (secondary N) is 1. The van der Waals surface area contributed by atoms with Gasteiger partial charge in [-0.05, 0) is 49.8 Å². The van der Waals surface area contributed by atoms with Crippen LogP contribution in [0.5, 0.6) is 0 Å². The average molecular weight is 203 g/mol. The largest absolute Gasteiger partial charge is 0.317 e. The lowest BCUT2D eigenvalue weighted by Crippen LogP contribution is -2.25. The van der Waals surface area contributed by atoms with Crippen LogP contribution >= 0.6 is 0 Å². The van der Waals surface area contributed by atoms with Gasteiger partial charge in [-0.15, -0.1) is 0 Å². The van der Waals surface area contributed by atoms with Gasteiger partial charge in [-0.2, -0.15) is 0 Å². The van der Waals surface area contributed by atoms with Crippen LogP contribution in [-0.4, -0.2) is 13.1 Å². The zero-order chi connectivity index (χ0) is 10.5. The Labute approximate surface area is 92.9 Å². The third-order valence-corrected chi connectivity index (χ3v) is 3.29. The molecule has 1 atom stereocenters. The third kappa shape index (κ3) is 3.35. The molecule has 1 aliphatic carbocycles. The summed E-state index contributed by atoms with van der Waals surface area (Å²) in [4.78, 5) is 0. The predicted octanol–water partition coefficient (Wildman–Crippen LogP) is 2.86. The van der Waals surface area contributed by atoms with Crippen LogP contribution in [0.3, 0.4) is 0 Å². The molecule has 15 heavy (non-hydrogen) atoms. The molecule has 1 aromatic rings. The van der Waals surface area contributed by atoms with Crippen molar-refractivity contribution in [3.05, 3.63) is 35.9 Å². The van der Waals surface area contributed by atoms with Crippen molar-refractivity contribution in [2.24, 2.45) is 11.8 Å². The van der Waals surface area contributed by atoms with E-state index in [0.717, 1.165) is 18.4 Å². The molecular weight excluding hydrogens is 182 g/mol. The molecule has 0 aliphatic heterocycles. The highest BCUT2D eigenvalue weighted by Gasteiger charge is 2.30. The van der Waals surface area contributed by atoms with Gasteiger partial charge in [0.1, 0.15) is 0 Å². The molecular formula is C14H21N. The van der Waals surface area contributed by atoms with Crippen LogP contribution in [0.4, 0.5) is 0 Å². The summed E-state index contributed by atoms with van der Waals surface area (Å²) < 4.78 is 0. The van der Waals surface area contributed by atoms with Gasteiger partial charge in [0.15, 0.2) is 0 Å². The van der Waals surface area contributed by atoms with Gasteiger partial charge in [0.05, 0.1) is 0 Å². The Morgan fingerprint density at radius 3 is 2.60 bits per heavy atom. The molecule has 1 nitrogen and oxygen atoms in total.